The Bertz CT molecular complexity index is 686. The molecule has 0 aliphatic heterocycles. The molecule has 0 aliphatic carbocycles. The van der Waals surface area contributed by atoms with Crippen LogP contribution in [0.25, 0.3) is 0 Å². The van der Waals surface area contributed by atoms with E-state index in [1.54, 1.807) is 6.07 Å². The zero-order valence-electron chi connectivity index (χ0n) is 10.6. The quantitative estimate of drug-likeness (QED) is 0.683. The summed E-state index contributed by atoms with van der Waals surface area (Å²) in [5.74, 6) is -0.391. The molecule has 5 nitrogen and oxygen atoms in total. The van der Waals surface area contributed by atoms with E-state index < -0.39 is 10.8 Å². The predicted octanol–water partition coefficient (Wildman–Crippen LogP) is 3.92. The van der Waals surface area contributed by atoms with Crippen molar-refractivity contribution >= 4 is 33.2 Å². The zero-order valence-corrected chi connectivity index (χ0v) is 12.2. The van der Waals surface area contributed by atoms with E-state index in [1.807, 2.05) is 19.1 Å². The lowest BCUT2D eigenvalue weighted by Gasteiger charge is -2.08. The fourth-order valence-corrected chi connectivity index (χ4v) is 2.27. The number of nitro benzene ring substituents is 1. The Kier molecular flexibility index (Phi) is 4.14. The van der Waals surface area contributed by atoms with Gasteiger partial charge in [-0.15, -0.1) is 0 Å². The van der Waals surface area contributed by atoms with E-state index in [0.717, 1.165) is 10.0 Å². The maximum absolute atomic E-state index is 12.1. The van der Waals surface area contributed by atoms with Gasteiger partial charge in [-0.1, -0.05) is 12.1 Å². The van der Waals surface area contributed by atoms with Gasteiger partial charge in [0.1, 0.15) is 0 Å². The van der Waals surface area contributed by atoms with Crippen LogP contribution in [-0.4, -0.2) is 10.8 Å². The molecule has 0 radical (unpaired) electrons. The lowest BCUT2D eigenvalue weighted by molar-refractivity contribution is -0.384. The minimum Gasteiger partial charge on any atom is -0.321 e. The molecule has 0 saturated carbocycles. The second kappa shape index (κ2) is 5.83. The molecule has 6 heteroatoms. The number of benzene rings is 2. The highest BCUT2D eigenvalue weighted by molar-refractivity contribution is 9.10. The highest BCUT2D eigenvalue weighted by Gasteiger charge is 2.12. The third-order valence-corrected chi connectivity index (χ3v) is 3.35. The van der Waals surface area contributed by atoms with Crippen molar-refractivity contribution in [2.24, 2.45) is 0 Å². The van der Waals surface area contributed by atoms with E-state index in [9.17, 15) is 14.9 Å². The number of carbonyl (C=O) groups is 1. The summed E-state index contributed by atoms with van der Waals surface area (Å²) in [6.07, 6.45) is 0. The monoisotopic (exact) mass is 334 g/mol. The van der Waals surface area contributed by atoms with Gasteiger partial charge in [0.25, 0.3) is 11.6 Å². The maximum Gasteiger partial charge on any atom is 0.270 e. The Hall–Kier alpha value is -2.21. The van der Waals surface area contributed by atoms with Crippen molar-refractivity contribution in [2.75, 3.05) is 5.32 Å². The molecule has 0 bridgehead atoms. The Morgan fingerprint density at radius 1 is 1.25 bits per heavy atom. The molecule has 0 heterocycles. The van der Waals surface area contributed by atoms with Crippen LogP contribution in [0.4, 0.5) is 11.4 Å². The number of hydrogen-bond donors (Lipinski definition) is 1. The summed E-state index contributed by atoms with van der Waals surface area (Å²) < 4.78 is 0.760. The number of anilines is 1. The largest absolute Gasteiger partial charge is 0.321 e. The molecule has 2 aromatic carbocycles. The first-order chi connectivity index (χ1) is 9.47. The van der Waals surface area contributed by atoms with Crippen molar-refractivity contribution in [3.8, 4) is 0 Å². The lowest BCUT2D eigenvalue weighted by Crippen LogP contribution is -2.12. The van der Waals surface area contributed by atoms with E-state index in [2.05, 4.69) is 21.2 Å². The normalized spacial score (nSPS) is 10.1. The summed E-state index contributed by atoms with van der Waals surface area (Å²) in [5.41, 5.74) is 1.81. The number of nitrogens with one attached hydrogen (secondary N) is 1. The molecule has 1 N–H and O–H groups in total. The second-order valence-corrected chi connectivity index (χ2v) is 5.10. The van der Waals surface area contributed by atoms with Gasteiger partial charge in [-0.3, -0.25) is 14.9 Å². The summed E-state index contributed by atoms with van der Waals surface area (Å²) >= 11 is 3.36. The number of hydrogen-bond acceptors (Lipinski definition) is 3. The summed E-state index contributed by atoms with van der Waals surface area (Å²) in [5, 5.41) is 13.4. The molecular formula is C14H11BrN2O3. The fraction of sp³-hybridized carbons (Fsp3) is 0.0714. The lowest BCUT2D eigenvalue weighted by atomic mass is 10.1. The molecule has 0 spiro atoms. The summed E-state index contributed by atoms with van der Waals surface area (Å²) in [6.45, 7) is 1.94. The summed E-state index contributed by atoms with van der Waals surface area (Å²) in [4.78, 5) is 22.2. The van der Waals surface area contributed by atoms with Gasteiger partial charge in [0.15, 0.2) is 0 Å². The fourth-order valence-electron chi connectivity index (χ4n) is 1.68. The van der Waals surface area contributed by atoms with Gasteiger partial charge >= 0.3 is 0 Å². The number of halogens is 1. The molecule has 2 rings (SSSR count). The number of non-ortho nitro benzene ring substituents is 1. The van der Waals surface area contributed by atoms with Crippen LogP contribution in [0, 0.1) is 17.0 Å². The third-order valence-electron chi connectivity index (χ3n) is 2.69. The van der Waals surface area contributed by atoms with Crippen LogP contribution in [0.2, 0.25) is 0 Å². The standard InChI is InChI=1S/C14H11BrN2O3/c1-9-5-6-13(12(15)7-9)16-14(18)10-3-2-4-11(8-10)17(19)20/h2-8H,1H3,(H,16,18). The van der Waals surface area contributed by atoms with Gasteiger partial charge in [0, 0.05) is 22.2 Å². The minimum absolute atomic E-state index is 0.111. The molecule has 0 saturated heterocycles. The van der Waals surface area contributed by atoms with Crippen LogP contribution in [0.1, 0.15) is 15.9 Å². The predicted molar refractivity (Wildman–Crippen MR) is 79.9 cm³/mol. The average Bonchev–Trinajstić information content (AvgIpc) is 2.42. The van der Waals surface area contributed by atoms with Gasteiger partial charge in [0.05, 0.1) is 10.6 Å². The van der Waals surface area contributed by atoms with Gasteiger partial charge in [-0.25, -0.2) is 0 Å². The Morgan fingerprint density at radius 2 is 2.00 bits per heavy atom. The molecule has 0 aromatic heterocycles. The first kappa shape index (κ1) is 14.2. The summed E-state index contributed by atoms with van der Waals surface area (Å²) in [6, 6.07) is 11.1. The van der Waals surface area contributed by atoms with E-state index in [0.29, 0.717) is 5.69 Å². The number of nitrogens with zero attached hydrogens (tertiary/aromatic N) is 1. The third kappa shape index (κ3) is 3.21. The highest BCUT2D eigenvalue weighted by Crippen LogP contribution is 2.24. The van der Waals surface area contributed by atoms with Gasteiger partial charge < -0.3 is 5.32 Å². The summed E-state index contributed by atoms with van der Waals surface area (Å²) in [7, 11) is 0. The number of carbonyl (C=O) groups excluding carboxylic acids is 1. The molecule has 0 atom stereocenters. The Balaban J connectivity index is 2.24. The van der Waals surface area contributed by atoms with Gasteiger partial charge in [-0.05, 0) is 46.6 Å². The molecule has 0 fully saturated rings. The van der Waals surface area contributed by atoms with Gasteiger partial charge in [-0.2, -0.15) is 0 Å². The van der Waals surface area contributed by atoms with Crippen molar-refractivity contribution < 1.29 is 9.72 Å². The van der Waals surface area contributed by atoms with E-state index in [-0.39, 0.29) is 11.3 Å². The van der Waals surface area contributed by atoms with Crippen LogP contribution < -0.4 is 5.32 Å². The van der Waals surface area contributed by atoms with E-state index >= 15 is 0 Å². The second-order valence-electron chi connectivity index (χ2n) is 4.24. The van der Waals surface area contributed by atoms with E-state index in [4.69, 9.17) is 0 Å². The topological polar surface area (TPSA) is 72.2 Å². The molecule has 1 amide bonds. The van der Waals surface area contributed by atoms with Crippen molar-refractivity contribution in [3.63, 3.8) is 0 Å². The molecule has 102 valence electrons. The number of rotatable bonds is 3. The Labute approximate surface area is 123 Å². The van der Waals surface area contributed by atoms with Crippen molar-refractivity contribution in [2.45, 2.75) is 6.92 Å². The van der Waals surface area contributed by atoms with Crippen LogP contribution in [0.3, 0.4) is 0 Å². The van der Waals surface area contributed by atoms with Crippen LogP contribution in [0.15, 0.2) is 46.9 Å². The van der Waals surface area contributed by atoms with Crippen molar-refractivity contribution in [1.29, 1.82) is 0 Å². The first-order valence-corrected chi connectivity index (χ1v) is 6.58. The van der Waals surface area contributed by atoms with E-state index in [1.165, 1.54) is 24.3 Å². The highest BCUT2D eigenvalue weighted by atomic mass is 79.9. The SMILES string of the molecule is Cc1ccc(NC(=O)c2cccc([N+](=O)[O-])c2)c(Br)c1. The minimum atomic E-state index is -0.529. The molecule has 0 unspecified atom stereocenters. The number of aryl methyl sites for hydroxylation is 1. The van der Waals surface area contributed by atoms with Crippen LogP contribution in [0.5, 0.6) is 0 Å². The van der Waals surface area contributed by atoms with Crippen LogP contribution >= 0.6 is 15.9 Å². The maximum atomic E-state index is 12.1. The molecule has 2 aromatic rings. The Morgan fingerprint density at radius 3 is 2.65 bits per heavy atom. The first-order valence-electron chi connectivity index (χ1n) is 5.79. The number of amides is 1. The average molecular weight is 335 g/mol. The molecular weight excluding hydrogens is 324 g/mol. The zero-order chi connectivity index (χ0) is 14.7. The van der Waals surface area contributed by atoms with Gasteiger partial charge in [0.2, 0.25) is 0 Å². The smallest absolute Gasteiger partial charge is 0.270 e. The van der Waals surface area contributed by atoms with Crippen LogP contribution in [-0.2, 0) is 0 Å². The molecule has 0 aliphatic rings. The van der Waals surface area contributed by atoms with Crippen molar-refractivity contribution in [1.82, 2.24) is 0 Å². The number of nitro groups is 1. The van der Waals surface area contributed by atoms with Crippen molar-refractivity contribution in [3.05, 3.63) is 68.2 Å². The molecule has 20 heavy (non-hydrogen) atoms.